The molecule has 0 amide bonds. The number of carbonyl (C=O) groups excluding carboxylic acids is 1. The fourth-order valence-corrected chi connectivity index (χ4v) is 2.29. The SMILES string of the molecule is CCN(CC(C)C)c1nc(C(C)=O)cs1. The molecule has 0 saturated carbocycles. The average molecular weight is 226 g/mol. The van der Waals surface area contributed by atoms with E-state index in [-0.39, 0.29) is 5.78 Å². The molecule has 0 radical (unpaired) electrons. The standard InChI is InChI=1S/C11H18N2OS/c1-5-13(6-8(2)3)11-12-10(7-15-11)9(4)14/h7-8H,5-6H2,1-4H3. The molecule has 0 spiro atoms. The predicted octanol–water partition coefficient (Wildman–Crippen LogP) is 2.83. The van der Waals surface area contributed by atoms with Crippen molar-refractivity contribution < 1.29 is 4.79 Å². The maximum atomic E-state index is 11.1. The second-order valence-electron chi connectivity index (χ2n) is 4.00. The Kier molecular flexibility index (Phi) is 4.27. The van der Waals surface area contributed by atoms with Gasteiger partial charge in [0.25, 0.3) is 0 Å². The topological polar surface area (TPSA) is 33.2 Å². The molecule has 0 unspecified atom stereocenters. The summed E-state index contributed by atoms with van der Waals surface area (Å²) in [7, 11) is 0. The van der Waals surface area contributed by atoms with E-state index in [4.69, 9.17) is 0 Å². The monoisotopic (exact) mass is 226 g/mol. The third kappa shape index (κ3) is 3.30. The number of ketones is 1. The summed E-state index contributed by atoms with van der Waals surface area (Å²) in [4.78, 5) is 17.7. The van der Waals surface area contributed by atoms with Crippen molar-refractivity contribution in [1.82, 2.24) is 4.98 Å². The summed E-state index contributed by atoms with van der Waals surface area (Å²) >= 11 is 1.55. The summed E-state index contributed by atoms with van der Waals surface area (Å²) in [5, 5.41) is 2.79. The van der Waals surface area contributed by atoms with Gasteiger partial charge < -0.3 is 4.90 Å². The number of rotatable bonds is 5. The van der Waals surface area contributed by atoms with Crippen LogP contribution < -0.4 is 4.90 Å². The summed E-state index contributed by atoms with van der Waals surface area (Å²) in [6, 6.07) is 0. The van der Waals surface area contributed by atoms with Crippen LogP contribution in [0.3, 0.4) is 0 Å². The van der Waals surface area contributed by atoms with Gasteiger partial charge in [-0.1, -0.05) is 13.8 Å². The number of anilines is 1. The Morgan fingerprint density at radius 3 is 2.67 bits per heavy atom. The Morgan fingerprint density at radius 2 is 2.27 bits per heavy atom. The molecule has 1 rings (SSSR count). The molecule has 3 nitrogen and oxygen atoms in total. The number of thiazole rings is 1. The van der Waals surface area contributed by atoms with Crippen molar-refractivity contribution in [1.29, 1.82) is 0 Å². The molecule has 0 aliphatic heterocycles. The molecule has 0 aliphatic carbocycles. The smallest absolute Gasteiger partial charge is 0.185 e. The van der Waals surface area contributed by atoms with E-state index in [9.17, 15) is 4.79 Å². The van der Waals surface area contributed by atoms with E-state index < -0.39 is 0 Å². The first-order chi connectivity index (χ1) is 7.04. The molecule has 0 N–H and O–H groups in total. The molecular weight excluding hydrogens is 208 g/mol. The van der Waals surface area contributed by atoms with Gasteiger partial charge in [0, 0.05) is 25.4 Å². The van der Waals surface area contributed by atoms with Gasteiger partial charge in [-0.05, 0) is 12.8 Å². The lowest BCUT2D eigenvalue weighted by Crippen LogP contribution is -2.27. The molecule has 0 fully saturated rings. The van der Waals surface area contributed by atoms with Gasteiger partial charge in [-0.15, -0.1) is 11.3 Å². The van der Waals surface area contributed by atoms with Gasteiger partial charge in [0.2, 0.25) is 0 Å². The fraction of sp³-hybridized carbons (Fsp3) is 0.636. The lowest BCUT2D eigenvalue weighted by Gasteiger charge is -2.21. The van der Waals surface area contributed by atoms with Gasteiger partial charge in [-0.25, -0.2) is 4.98 Å². The van der Waals surface area contributed by atoms with Crippen LogP contribution in [0, 0.1) is 5.92 Å². The van der Waals surface area contributed by atoms with E-state index in [1.807, 2.05) is 5.38 Å². The largest absolute Gasteiger partial charge is 0.348 e. The number of hydrogen-bond donors (Lipinski definition) is 0. The van der Waals surface area contributed by atoms with Crippen molar-refractivity contribution in [3.8, 4) is 0 Å². The lowest BCUT2D eigenvalue weighted by molar-refractivity contribution is 0.101. The summed E-state index contributed by atoms with van der Waals surface area (Å²) in [6.07, 6.45) is 0. The quantitative estimate of drug-likeness (QED) is 0.724. The van der Waals surface area contributed by atoms with E-state index >= 15 is 0 Å². The van der Waals surface area contributed by atoms with Crippen molar-refractivity contribution in [3.63, 3.8) is 0 Å². The van der Waals surface area contributed by atoms with Crippen LogP contribution in [0.25, 0.3) is 0 Å². The maximum absolute atomic E-state index is 11.1. The summed E-state index contributed by atoms with van der Waals surface area (Å²) < 4.78 is 0. The molecule has 1 heterocycles. The first-order valence-electron chi connectivity index (χ1n) is 5.26. The van der Waals surface area contributed by atoms with Gasteiger partial charge in [-0.3, -0.25) is 4.79 Å². The van der Waals surface area contributed by atoms with Crippen molar-refractivity contribution in [2.45, 2.75) is 27.7 Å². The summed E-state index contributed by atoms with van der Waals surface area (Å²) in [6.45, 7) is 9.95. The Bertz CT molecular complexity index is 333. The first-order valence-corrected chi connectivity index (χ1v) is 6.14. The molecular formula is C11H18N2OS. The molecule has 0 saturated heterocycles. The van der Waals surface area contributed by atoms with Crippen LogP contribution in [-0.4, -0.2) is 23.9 Å². The first kappa shape index (κ1) is 12.2. The maximum Gasteiger partial charge on any atom is 0.185 e. The van der Waals surface area contributed by atoms with E-state index in [0.717, 1.165) is 18.2 Å². The number of hydrogen-bond acceptors (Lipinski definition) is 4. The number of carbonyl (C=O) groups is 1. The van der Waals surface area contributed by atoms with E-state index in [1.165, 1.54) is 0 Å². The molecule has 1 aromatic heterocycles. The minimum atomic E-state index is 0.0399. The highest BCUT2D eigenvalue weighted by atomic mass is 32.1. The third-order valence-corrected chi connectivity index (χ3v) is 2.99. The van der Waals surface area contributed by atoms with Crippen LogP contribution in [-0.2, 0) is 0 Å². The van der Waals surface area contributed by atoms with Crippen LogP contribution >= 0.6 is 11.3 Å². The van der Waals surface area contributed by atoms with Crippen LogP contribution in [0.5, 0.6) is 0 Å². The zero-order chi connectivity index (χ0) is 11.4. The zero-order valence-corrected chi connectivity index (χ0v) is 10.6. The summed E-state index contributed by atoms with van der Waals surface area (Å²) in [5.74, 6) is 0.646. The van der Waals surface area contributed by atoms with Gasteiger partial charge >= 0.3 is 0 Å². The molecule has 0 aliphatic rings. The lowest BCUT2D eigenvalue weighted by atomic mass is 10.2. The highest BCUT2D eigenvalue weighted by Gasteiger charge is 2.12. The van der Waals surface area contributed by atoms with Crippen molar-refractivity contribution in [2.24, 2.45) is 5.92 Å². The van der Waals surface area contributed by atoms with E-state index in [1.54, 1.807) is 18.3 Å². The third-order valence-electron chi connectivity index (χ3n) is 2.09. The average Bonchev–Trinajstić information content (AvgIpc) is 2.62. The Labute approximate surface area is 95.1 Å². The molecule has 0 aromatic carbocycles. The fourth-order valence-electron chi connectivity index (χ4n) is 1.35. The molecule has 0 atom stereocenters. The van der Waals surface area contributed by atoms with Crippen molar-refractivity contribution >= 4 is 22.3 Å². The van der Waals surface area contributed by atoms with Gasteiger partial charge in [0.05, 0.1) is 0 Å². The van der Waals surface area contributed by atoms with Crippen LogP contribution in [0.1, 0.15) is 38.2 Å². The van der Waals surface area contributed by atoms with E-state index in [2.05, 4.69) is 30.7 Å². The second-order valence-corrected chi connectivity index (χ2v) is 4.84. The number of aromatic nitrogens is 1. The van der Waals surface area contributed by atoms with Gasteiger partial charge in [0.15, 0.2) is 10.9 Å². The summed E-state index contributed by atoms with van der Waals surface area (Å²) in [5.41, 5.74) is 0.581. The number of nitrogens with zero attached hydrogens (tertiary/aromatic N) is 2. The van der Waals surface area contributed by atoms with Crippen molar-refractivity contribution in [2.75, 3.05) is 18.0 Å². The zero-order valence-electron chi connectivity index (χ0n) is 9.78. The highest BCUT2D eigenvalue weighted by Crippen LogP contribution is 2.21. The Balaban J connectivity index is 2.78. The number of Topliss-reactive ketones (excluding diaryl/α,β-unsaturated/α-hetero) is 1. The molecule has 15 heavy (non-hydrogen) atoms. The molecule has 84 valence electrons. The van der Waals surface area contributed by atoms with Crippen molar-refractivity contribution in [3.05, 3.63) is 11.1 Å². The second kappa shape index (κ2) is 5.26. The Hall–Kier alpha value is -0.900. The molecule has 1 aromatic rings. The predicted molar refractivity (Wildman–Crippen MR) is 64.8 cm³/mol. The van der Waals surface area contributed by atoms with Crippen LogP contribution in [0.15, 0.2) is 5.38 Å². The highest BCUT2D eigenvalue weighted by molar-refractivity contribution is 7.13. The minimum absolute atomic E-state index is 0.0399. The van der Waals surface area contributed by atoms with Crippen LogP contribution in [0.2, 0.25) is 0 Å². The molecule has 0 bridgehead atoms. The molecule has 4 heteroatoms. The van der Waals surface area contributed by atoms with Gasteiger partial charge in [-0.2, -0.15) is 0 Å². The van der Waals surface area contributed by atoms with Gasteiger partial charge in [0.1, 0.15) is 5.69 Å². The van der Waals surface area contributed by atoms with Crippen LogP contribution in [0.4, 0.5) is 5.13 Å². The van der Waals surface area contributed by atoms with E-state index in [0.29, 0.717) is 11.6 Å². The normalized spacial score (nSPS) is 10.7. The Morgan fingerprint density at radius 1 is 1.60 bits per heavy atom. The minimum Gasteiger partial charge on any atom is -0.348 e.